The molecule has 0 radical (unpaired) electrons. The minimum Gasteiger partial charge on any atom is -0.317 e. The maximum Gasteiger partial charge on any atom is 0.225 e. The number of amides is 1. The summed E-state index contributed by atoms with van der Waals surface area (Å²) in [5, 5.41) is 14.1. The fraction of sp³-hybridized carbons (Fsp3) is 0.304. The molecule has 0 saturated heterocycles. The molecule has 2 heterocycles. The minimum atomic E-state index is -0.0633. The van der Waals surface area contributed by atoms with Crippen molar-refractivity contribution in [1.82, 2.24) is 9.97 Å². The van der Waals surface area contributed by atoms with Gasteiger partial charge < -0.3 is 5.32 Å². The van der Waals surface area contributed by atoms with E-state index in [4.69, 9.17) is 0 Å². The predicted octanol–water partition coefficient (Wildman–Crippen LogP) is 5.38. The normalized spacial score (nSPS) is 12.8. The Kier molecular flexibility index (Phi) is 6.46. The maximum atomic E-state index is 12.5. The lowest BCUT2D eigenvalue weighted by Crippen LogP contribution is -2.12. The van der Waals surface area contributed by atoms with Crippen molar-refractivity contribution in [3.8, 4) is 17.3 Å². The largest absolute Gasteiger partial charge is 0.317 e. The number of carbonyl (C=O) groups excluding carboxylic acids is 1. The van der Waals surface area contributed by atoms with Gasteiger partial charge in [-0.25, -0.2) is 9.97 Å². The average Bonchev–Trinajstić information content (AvgIpc) is 3.10. The number of rotatable bonds is 6. The highest BCUT2D eigenvalue weighted by atomic mass is 32.2. The molecule has 0 saturated carbocycles. The molecule has 0 aliphatic heterocycles. The van der Waals surface area contributed by atoms with Crippen molar-refractivity contribution in [2.75, 3.05) is 11.1 Å². The van der Waals surface area contributed by atoms with E-state index in [1.165, 1.54) is 4.88 Å². The second-order valence-corrected chi connectivity index (χ2v) is 9.40. The van der Waals surface area contributed by atoms with Gasteiger partial charge in [-0.05, 0) is 44.2 Å². The van der Waals surface area contributed by atoms with Gasteiger partial charge in [-0.3, -0.25) is 4.79 Å². The summed E-state index contributed by atoms with van der Waals surface area (Å²) in [5.41, 5.74) is 3.74. The van der Waals surface area contributed by atoms with Gasteiger partial charge in [0.2, 0.25) is 5.91 Å². The number of hydrogen-bond donors (Lipinski definition) is 1. The van der Waals surface area contributed by atoms with Crippen molar-refractivity contribution in [2.24, 2.45) is 0 Å². The van der Waals surface area contributed by atoms with E-state index in [0.29, 0.717) is 28.6 Å². The van der Waals surface area contributed by atoms with Crippen LogP contribution in [0.4, 0.5) is 5.00 Å². The molecule has 5 nitrogen and oxygen atoms in total. The van der Waals surface area contributed by atoms with Gasteiger partial charge >= 0.3 is 0 Å². The van der Waals surface area contributed by atoms with Crippen LogP contribution in [0.25, 0.3) is 11.3 Å². The highest BCUT2D eigenvalue weighted by molar-refractivity contribution is 7.99. The fourth-order valence-corrected chi connectivity index (χ4v) is 5.72. The molecule has 7 heteroatoms. The first-order chi connectivity index (χ1) is 14.6. The lowest BCUT2D eigenvalue weighted by molar-refractivity contribution is -0.115. The van der Waals surface area contributed by atoms with Gasteiger partial charge in [0.1, 0.15) is 21.9 Å². The van der Waals surface area contributed by atoms with Gasteiger partial charge in [-0.1, -0.05) is 30.3 Å². The molecule has 0 fully saturated rings. The molecular formula is C23H22N4OS2. The van der Waals surface area contributed by atoms with E-state index in [1.54, 1.807) is 23.1 Å². The van der Waals surface area contributed by atoms with Crippen molar-refractivity contribution in [3.05, 3.63) is 58.2 Å². The van der Waals surface area contributed by atoms with E-state index in [2.05, 4.69) is 21.4 Å². The summed E-state index contributed by atoms with van der Waals surface area (Å²) in [7, 11) is 0. The van der Waals surface area contributed by atoms with Gasteiger partial charge in [0.05, 0.1) is 11.3 Å². The second kappa shape index (κ2) is 9.41. The zero-order valence-electron chi connectivity index (χ0n) is 16.8. The molecule has 0 atom stereocenters. The minimum absolute atomic E-state index is 0.0633. The fourth-order valence-electron chi connectivity index (χ4n) is 3.58. The summed E-state index contributed by atoms with van der Waals surface area (Å²) in [6, 6.07) is 14.3. The van der Waals surface area contributed by atoms with Gasteiger partial charge in [0.25, 0.3) is 0 Å². The van der Waals surface area contributed by atoms with Crippen molar-refractivity contribution in [2.45, 2.75) is 44.1 Å². The van der Waals surface area contributed by atoms with Crippen molar-refractivity contribution < 1.29 is 4.79 Å². The van der Waals surface area contributed by atoms with E-state index >= 15 is 0 Å². The summed E-state index contributed by atoms with van der Waals surface area (Å²) in [4.78, 5) is 22.7. The summed E-state index contributed by atoms with van der Waals surface area (Å²) in [6.07, 6.45) is 4.59. The quantitative estimate of drug-likeness (QED) is 0.416. The second-order valence-electron chi connectivity index (χ2n) is 7.18. The molecule has 1 aliphatic carbocycles. The Morgan fingerprint density at radius 1 is 1.23 bits per heavy atom. The standard InChI is InChI=1S/C23H22N4OS2/c1-15-25-19(16-7-3-2-4-8-16)13-22(26-15)29-12-11-21(28)27-23-18(14-24)17-9-5-6-10-20(17)30-23/h2-4,7-8,13H,5-6,9-12H2,1H3,(H,27,28). The number of nitrogens with one attached hydrogen (secondary N) is 1. The predicted molar refractivity (Wildman–Crippen MR) is 122 cm³/mol. The summed E-state index contributed by atoms with van der Waals surface area (Å²) in [6.45, 7) is 1.88. The van der Waals surface area contributed by atoms with E-state index in [9.17, 15) is 10.1 Å². The van der Waals surface area contributed by atoms with Crippen LogP contribution in [0.3, 0.4) is 0 Å². The Morgan fingerprint density at radius 3 is 2.83 bits per heavy atom. The third kappa shape index (κ3) is 4.72. The monoisotopic (exact) mass is 434 g/mol. The third-order valence-electron chi connectivity index (χ3n) is 5.00. The number of aryl methyl sites for hydroxylation is 2. The van der Waals surface area contributed by atoms with Gasteiger partial charge in [-0.15, -0.1) is 23.1 Å². The van der Waals surface area contributed by atoms with E-state index < -0.39 is 0 Å². The highest BCUT2D eigenvalue weighted by Gasteiger charge is 2.21. The Labute approximate surface area is 184 Å². The number of anilines is 1. The molecule has 152 valence electrons. The van der Waals surface area contributed by atoms with Crippen LogP contribution in [0, 0.1) is 18.3 Å². The van der Waals surface area contributed by atoms with Crippen molar-refractivity contribution >= 4 is 34.0 Å². The number of nitriles is 1. The first-order valence-electron chi connectivity index (χ1n) is 10.0. The molecule has 4 rings (SSSR count). The topological polar surface area (TPSA) is 78.7 Å². The molecule has 30 heavy (non-hydrogen) atoms. The molecule has 0 bridgehead atoms. The van der Waals surface area contributed by atoms with E-state index in [-0.39, 0.29) is 5.91 Å². The van der Waals surface area contributed by atoms with E-state index in [1.807, 2.05) is 43.3 Å². The van der Waals surface area contributed by atoms with Crippen LogP contribution in [-0.4, -0.2) is 21.6 Å². The first-order valence-corrected chi connectivity index (χ1v) is 11.8. The van der Waals surface area contributed by atoms with Crippen LogP contribution >= 0.6 is 23.1 Å². The molecule has 0 spiro atoms. The van der Waals surface area contributed by atoms with Crippen LogP contribution in [0.5, 0.6) is 0 Å². The Hall–Kier alpha value is -2.69. The Morgan fingerprint density at radius 2 is 2.03 bits per heavy atom. The number of thioether (sulfide) groups is 1. The molecule has 2 aromatic heterocycles. The van der Waals surface area contributed by atoms with Crippen molar-refractivity contribution in [3.63, 3.8) is 0 Å². The molecule has 1 amide bonds. The number of hydrogen-bond acceptors (Lipinski definition) is 6. The number of nitrogens with zero attached hydrogens (tertiary/aromatic N) is 3. The van der Waals surface area contributed by atoms with Crippen LogP contribution in [0.2, 0.25) is 0 Å². The summed E-state index contributed by atoms with van der Waals surface area (Å²) >= 11 is 3.11. The van der Waals surface area contributed by atoms with Crippen molar-refractivity contribution in [1.29, 1.82) is 5.26 Å². The van der Waals surface area contributed by atoms with Gasteiger partial charge in [0.15, 0.2) is 0 Å². The van der Waals surface area contributed by atoms with Gasteiger partial charge in [0, 0.05) is 22.6 Å². The Bertz CT molecular complexity index is 1100. The smallest absolute Gasteiger partial charge is 0.225 e. The molecule has 0 unspecified atom stereocenters. The van der Waals surface area contributed by atoms with Crippen LogP contribution in [0.15, 0.2) is 41.4 Å². The van der Waals surface area contributed by atoms with Crippen LogP contribution in [-0.2, 0) is 17.6 Å². The zero-order chi connectivity index (χ0) is 20.9. The lowest BCUT2D eigenvalue weighted by atomic mass is 9.96. The molecule has 1 aromatic carbocycles. The number of benzene rings is 1. The number of thiophene rings is 1. The highest BCUT2D eigenvalue weighted by Crippen LogP contribution is 2.37. The molecule has 3 aromatic rings. The van der Waals surface area contributed by atoms with Crippen LogP contribution in [0.1, 0.15) is 41.1 Å². The average molecular weight is 435 g/mol. The number of fused-ring (bicyclic) bond motifs is 1. The van der Waals surface area contributed by atoms with E-state index in [0.717, 1.165) is 47.5 Å². The van der Waals surface area contributed by atoms with Gasteiger partial charge in [-0.2, -0.15) is 5.26 Å². The molecule has 1 N–H and O–H groups in total. The Balaban J connectivity index is 1.37. The third-order valence-corrected chi connectivity index (χ3v) is 7.12. The zero-order valence-corrected chi connectivity index (χ0v) is 18.4. The first kappa shape index (κ1) is 20.6. The lowest BCUT2D eigenvalue weighted by Gasteiger charge is -2.09. The molecule has 1 aliphatic rings. The number of carbonyl (C=O) groups is 1. The number of aromatic nitrogens is 2. The molecular weight excluding hydrogens is 412 g/mol. The SMILES string of the molecule is Cc1nc(SCCC(=O)Nc2sc3c(c2C#N)CCCC3)cc(-c2ccccc2)n1. The maximum absolute atomic E-state index is 12.5. The summed E-state index contributed by atoms with van der Waals surface area (Å²) < 4.78 is 0. The van der Waals surface area contributed by atoms with Crippen LogP contribution < -0.4 is 5.32 Å². The summed E-state index contributed by atoms with van der Waals surface area (Å²) in [5.74, 6) is 1.27.